The van der Waals surface area contributed by atoms with Gasteiger partial charge in [-0.1, -0.05) is 60.7 Å². The molecule has 0 aliphatic carbocycles. The minimum absolute atomic E-state index is 0.0894. The van der Waals surface area contributed by atoms with Gasteiger partial charge in [-0.05, 0) is 46.7 Å². The summed E-state index contributed by atoms with van der Waals surface area (Å²) >= 11 is 0. The van der Waals surface area contributed by atoms with Crippen LogP contribution in [0.25, 0.3) is 10.8 Å². The molecule has 0 fully saturated rings. The highest BCUT2D eigenvalue weighted by Crippen LogP contribution is 2.27. The summed E-state index contributed by atoms with van der Waals surface area (Å²) in [6.07, 6.45) is 1.68. The van der Waals surface area contributed by atoms with Crippen molar-refractivity contribution in [1.82, 2.24) is 10.7 Å². The number of hydrogen-bond acceptors (Lipinski definition) is 5. The second-order valence-corrected chi connectivity index (χ2v) is 8.00. The van der Waals surface area contributed by atoms with Crippen LogP contribution in [-0.4, -0.2) is 31.7 Å². The van der Waals surface area contributed by atoms with Crippen LogP contribution in [0.4, 0.5) is 0 Å². The van der Waals surface area contributed by atoms with E-state index >= 15 is 0 Å². The molecule has 0 spiro atoms. The number of amides is 2. The maximum Gasteiger partial charge on any atom is 0.251 e. The zero-order valence-electron chi connectivity index (χ0n) is 19.9. The molecule has 0 saturated carbocycles. The van der Waals surface area contributed by atoms with Gasteiger partial charge in [0.25, 0.3) is 5.91 Å². The topological polar surface area (TPSA) is 89.0 Å². The minimum Gasteiger partial charge on any atom is -0.497 e. The molecule has 7 nitrogen and oxygen atoms in total. The molecule has 36 heavy (non-hydrogen) atoms. The van der Waals surface area contributed by atoms with E-state index in [9.17, 15) is 9.59 Å². The first kappa shape index (κ1) is 24.5. The highest BCUT2D eigenvalue weighted by atomic mass is 16.5. The van der Waals surface area contributed by atoms with E-state index in [2.05, 4.69) is 15.8 Å². The normalized spacial score (nSPS) is 10.8. The highest BCUT2D eigenvalue weighted by molar-refractivity contribution is 6.02. The molecule has 182 valence electrons. The zero-order valence-corrected chi connectivity index (χ0v) is 19.9. The van der Waals surface area contributed by atoms with Crippen LogP contribution < -0.4 is 20.2 Å². The molecular weight excluding hydrogens is 454 g/mol. The van der Waals surface area contributed by atoms with E-state index in [1.165, 1.54) is 0 Å². The predicted molar refractivity (Wildman–Crippen MR) is 140 cm³/mol. The van der Waals surface area contributed by atoms with Crippen LogP contribution >= 0.6 is 0 Å². The molecule has 0 aliphatic heterocycles. The van der Waals surface area contributed by atoms with E-state index < -0.39 is 0 Å². The van der Waals surface area contributed by atoms with Crippen molar-refractivity contribution in [3.63, 3.8) is 0 Å². The fourth-order valence-corrected chi connectivity index (χ4v) is 3.63. The fourth-order valence-electron chi connectivity index (χ4n) is 3.63. The largest absolute Gasteiger partial charge is 0.497 e. The van der Waals surface area contributed by atoms with Gasteiger partial charge in [0.2, 0.25) is 5.91 Å². The summed E-state index contributed by atoms with van der Waals surface area (Å²) in [5.41, 5.74) is 4.86. The number of carbonyl (C=O) groups excluding carboxylic acids is 2. The SMILES string of the molecule is COc1ccc(C(=O)NCCC(=O)NN=Cc2c(OCc3ccccc3)ccc3ccccc23)cc1. The molecule has 0 heterocycles. The number of methoxy groups -OCH3 is 1. The Labute approximate surface area is 209 Å². The van der Waals surface area contributed by atoms with Gasteiger partial charge in [0.1, 0.15) is 18.1 Å². The first-order valence-corrected chi connectivity index (χ1v) is 11.6. The second-order valence-electron chi connectivity index (χ2n) is 8.00. The van der Waals surface area contributed by atoms with Gasteiger partial charge in [-0.3, -0.25) is 9.59 Å². The standard InChI is InChI=1S/C29H27N3O4/c1-35-24-14-11-23(12-15-24)29(34)30-18-17-28(33)32-31-19-26-25-10-6-5-9-22(25)13-16-27(26)36-20-21-7-3-2-4-8-21/h2-16,19H,17-18,20H2,1H3,(H,30,34)(H,32,33). The monoisotopic (exact) mass is 481 g/mol. The van der Waals surface area contributed by atoms with Gasteiger partial charge in [-0.2, -0.15) is 5.10 Å². The molecule has 0 aliphatic rings. The van der Waals surface area contributed by atoms with Crippen LogP contribution in [0.15, 0.2) is 96.1 Å². The van der Waals surface area contributed by atoms with Crippen molar-refractivity contribution in [3.8, 4) is 11.5 Å². The number of carbonyl (C=O) groups is 2. The summed E-state index contributed by atoms with van der Waals surface area (Å²) in [6.45, 7) is 0.603. The van der Waals surface area contributed by atoms with Crippen molar-refractivity contribution in [2.75, 3.05) is 13.7 Å². The summed E-state index contributed by atoms with van der Waals surface area (Å²) in [4.78, 5) is 24.5. The van der Waals surface area contributed by atoms with Gasteiger partial charge in [0, 0.05) is 24.1 Å². The number of ether oxygens (including phenoxy) is 2. The molecule has 0 saturated heterocycles. The van der Waals surface area contributed by atoms with Crippen molar-refractivity contribution in [2.45, 2.75) is 13.0 Å². The Bertz CT molecular complexity index is 1350. The molecule has 4 aromatic rings. The summed E-state index contributed by atoms with van der Waals surface area (Å²) < 4.78 is 11.2. The highest BCUT2D eigenvalue weighted by Gasteiger charge is 2.09. The number of hydrazone groups is 1. The van der Waals surface area contributed by atoms with Crippen LogP contribution in [0.2, 0.25) is 0 Å². The molecule has 4 rings (SSSR count). The smallest absolute Gasteiger partial charge is 0.251 e. The summed E-state index contributed by atoms with van der Waals surface area (Å²) in [7, 11) is 1.56. The van der Waals surface area contributed by atoms with Gasteiger partial charge >= 0.3 is 0 Å². The fraction of sp³-hybridized carbons (Fsp3) is 0.138. The van der Waals surface area contributed by atoms with Crippen molar-refractivity contribution < 1.29 is 19.1 Å². The molecule has 0 unspecified atom stereocenters. The van der Waals surface area contributed by atoms with E-state index in [-0.39, 0.29) is 24.8 Å². The summed E-state index contributed by atoms with van der Waals surface area (Å²) in [5, 5.41) is 8.89. The van der Waals surface area contributed by atoms with Crippen LogP contribution in [-0.2, 0) is 11.4 Å². The van der Waals surface area contributed by atoms with Gasteiger partial charge in [0.05, 0.1) is 13.3 Å². The summed E-state index contributed by atoms with van der Waals surface area (Å²) in [5.74, 6) is 0.768. The summed E-state index contributed by atoms with van der Waals surface area (Å²) in [6, 6.07) is 28.5. The second kappa shape index (κ2) is 12.2. The minimum atomic E-state index is -0.312. The number of hydrogen-bond donors (Lipinski definition) is 2. The van der Waals surface area contributed by atoms with Gasteiger partial charge in [-0.15, -0.1) is 0 Å². The third-order valence-corrected chi connectivity index (χ3v) is 5.54. The van der Waals surface area contributed by atoms with Crippen LogP contribution in [0, 0.1) is 0 Å². The van der Waals surface area contributed by atoms with Gasteiger partial charge < -0.3 is 14.8 Å². The quantitative estimate of drug-likeness (QED) is 0.254. The van der Waals surface area contributed by atoms with E-state index in [0.29, 0.717) is 23.7 Å². The lowest BCUT2D eigenvalue weighted by Gasteiger charge is -2.12. The average Bonchev–Trinajstić information content (AvgIpc) is 2.93. The van der Waals surface area contributed by atoms with Crippen LogP contribution in [0.5, 0.6) is 11.5 Å². The molecule has 2 amide bonds. The van der Waals surface area contributed by atoms with Crippen molar-refractivity contribution in [3.05, 3.63) is 108 Å². The van der Waals surface area contributed by atoms with E-state index in [4.69, 9.17) is 9.47 Å². The van der Waals surface area contributed by atoms with Crippen molar-refractivity contribution in [1.29, 1.82) is 0 Å². The third kappa shape index (κ3) is 6.48. The third-order valence-electron chi connectivity index (χ3n) is 5.54. The maximum atomic E-state index is 12.3. The number of rotatable bonds is 10. The van der Waals surface area contributed by atoms with Crippen LogP contribution in [0.3, 0.4) is 0 Å². The molecule has 4 aromatic carbocycles. The number of benzene rings is 4. The molecule has 0 bridgehead atoms. The molecule has 0 radical (unpaired) electrons. The van der Waals surface area contributed by atoms with Crippen molar-refractivity contribution in [2.24, 2.45) is 5.10 Å². The van der Waals surface area contributed by atoms with E-state index in [1.807, 2.05) is 66.7 Å². The Balaban J connectivity index is 1.35. The van der Waals surface area contributed by atoms with Crippen molar-refractivity contribution >= 4 is 28.8 Å². The Morgan fingerprint density at radius 1 is 0.889 bits per heavy atom. The van der Waals surface area contributed by atoms with E-state index in [1.54, 1.807) is 37.6 Å². The Morgan fingerprint density at radius 3 is 2.42 bits per heavy atom. The first-order valence-electron chi connectivity index (χ1n) is 11.6. The first-order chi connectivity index (χ1) is 17.6. The average molecular weight is 482 g/mol. The van der Waals surface area contributed by atoms with Crippen LogP contribution in [0.1, 0.15) is 27.9 Å². The Kier molecular flexibility index (Phi) is 8.27. The zero-order chi connectivity index (χ0) is 25.2. The lowest BCUT2D eigenvalue weighted by atomic mass is 10.0. The molecule has 2 N–H and O–H groups in total. The molecular formula is C29H27N3O4. The number of nitrogens with zero attached hydrogens (tertiary/aromatic N) is 1. The lowest BCUT2D eigenvalue weighted by molar-refractivity contribution is -0.120. The Morgan fingerprint density at radius 2 is 1.64 bits per heavy atom. The number of fused-ring (bicyclic) bond motifs is 1. The molecule has 0 atom stereocenters. The number of nitrogens with one attached hydrogen (secondary N) is 2. The maximum absolute atomic E-state index is 12.3. The van der Waals surface area contributed by atoms with Gasteiger partial charge in [0.15, 0.2) is 0 Å². The van der Waals surface area contributed by atoms with E-state index in [0.717, 1.165) is 21.9 Å². The van der Waals surface area contributed by atoms with Gasteiger partial charge in [-0.25, -0.2) is 5.43 Å². The Hall–Kier alpha value is -4.65. The molecule has 7 heteroatoms. The lowest BCUT2D eigenvalue weighted by Crippen LogP contribution is -2.29. The predicted octanol–water partition coefficient (Wildman–Crippen LogP) is 4.70. The molecule has 0 aromatic heterocycles.